The fourth-order valence-corrected chi connectivity index (χ4v) is 2.32. The Morgan fingerprint density at radius 1 is 1.23 bits per heavy atom. The molecule has 0 radical (unpaired) electrons. The van der Waals surface area contributed by atoms with Gasteiger partial charge in [0.1, 0.15) is 0 Å². The van der Waals surface area contributed by atoms with Crippen molar-refractivity contribution < 1.29 is 9.47 Å². The van der Waals surface area contributed by atoms with Crippen LogP contribution in [0.5, 0.6) is 0 Å². The van der Waals surface area contributed by atoms with Crippen molar-refractivity contribution in [3.8, 4) is 0 Å². The predicted octanol–water partition coefficient (Wildman–Crippen LogP) is 1.12. The molecule has 1 heterocycles. The highest BCUT2D eigenvalue weighted by atomic mass is 16.7. The maximum absolute atomic E-state index is 5.98. The lowest BCUT2D eigenvalue weighted by Crippen LogP contribution is -2.24. The van der Waals surface area contributed by atoms with Gasteiger partial charge in [-0.1, -0.05) is 13.8 Å². The molecule has 2 fully saturated rings. The van der Waals surface area contributed by atoms with E-state index in [0.717, 1.165) is 0 Å². The molecule has 0 spiro atoms. The minimum Gasteiger partial charge on any atom is -0.348 e. The first-order valence-corrected chi connectivity index (χ1v) is 4.92. The van der Waals surface area contributed by atoms with Crippen molar-refractivity contribution in [3.05, 3.63) is 0 Å². The molecular formula is C10H19NO2. The third kappa shape index (κ3) is 1.39. The highest BCUT2D eigenvalue weighted by Crippen LogP contribution is 2.54. The van der Waals surface area contributed by atoms with Gasteiger partial charge in [-0.15, -0.1) is 0 Å². The van der Waals surface area contributed by atoms with Crippen LogP contribution < -0.4 is 5.73 Å². The molecule has 2 aliphatic rings. The topological polar surface area (TPSA) is 44.5 Å². The van der Waals surface area contributed by atoms with E-state index in [0.29, 0.717) is 12.5 Å². The molecule has 76 valence electrons. The van der Waals surface area contributed by atoms with Crippen molar-refractivity contribution in [2.75, 3.05) is 6.61 Å². The maximum atomic E-state index is 5.98. The van der Waals surface area contributed by atoms with Gasteiger partial charge in [-0.05, 0) is 19.3 Å². The molecule has 3 heteroatoms. The molecule has 0 aromatic carbocycles. The molecule has 13 heavy (non-hydrogen) atoms. The van der Waals surface area contributed by atoms with Gasteiger partial charge in [0.05, 0.1) is 12.7 Å². The summed E-state index contributed by atoms with van der Waals surface area (Å²) in [6, 6.07) is 0.273. The van der Waals surface area contributed by atoms with E-state index in [-0.39, 0.29) is 17.6 Å². The van der Waals surface area contributed by atoms with Crippen molar-refractivity contribution in [2.24, 2.45) is 17.1 Å². The molecule has 3 nitrogen and oxygen atoms in total. The molecule has 1 aliphatic heterocycles. The smallest absolute Gasteiger partial charge is 0.163 e. The highest BCUT2D eigenvalue weighted by Gasteiger charge is 2.61. The fraction of sp³-hybridized carbons (Fsp3) is 1.00. The lowest BCUT2D eigenvalue weighted by Gasteiger charge is -2.17. The van der Waals surface area contributed by atoms with E-state index in [1.54, 1.807) is 0 Å². The van der Waals surface area contributed by atoms with Gasteiger partial charge >= 0.3 is 0 Å². The lowest BCUT2D eigenvalue weighted by molar-refractivity contribution is -0.141. The Hall–Kier alpha value is -0.120. The summed E-state index contributed by atoms with van der Waals surface area (Å²) >= 11 is 0. The molecule has 0 aromatic rings. The first-order chi connectivity index (χ1) is 5.84. The van der Waals surface area contributed by atoms with Crippen molar-refractivity contribution in [2.45, 2.75) is 45.6 Å². The summed E-state index contributed by atoms with van der Waals surface area (Å²) in [5.41, 5.74) is 6.21. The summed E-state index contributed by atoms with van der Waals surface area (Å²) in [5, 5.41) is 0. The number of hydrogen-bond donors (Lipinski definition) is 1. The van der Waals surface area contributed by atoms with Crippen LogP contribution in [0, 0.1) is 11.3 Å². The quantitative estimate of drug-likeness (QED) is 0.666. The molecule has 2 rings (SSSR count). The van der Waals surface area contributed by atoms with Crippen LogP contribution in [0.15, 0.2) is 0 Å². The molecule has 2 N–H and O–H groups in total. The van der Waals surface area contributed by atoms with E-state index < -0.39 is 5.79 Å². The highest BCUT2D eigenvalue weighted by molar-refractivity contribution is 5.12. The zero-order valence-electron chi connectivity index (χ0n) is 8.83. The third-order valence-corrected chi connectivity index (χ3v) is 3.43. The normalized spacial score (nSPS) is 46.4. The van der Waals surface area contributed by atoms with Crippen LogP contribution in [0.4, 0.5) is 0 Å². The Morgan fingerprint density at radius 2 is 1.77 bits per heavy atom. The standard InChI is InChI=1S/C10H19NO2/c1-9(2)7(8(9)11)6-5-12-10(3,4)13-6/h6-8H,5,11H2,1-4H3. The Labute approximate surface area is 79.6 Å². The summed E-state index contributed by atoms with van der Waals surface area (Å²) in [7, 11) is 0. The average molecular weight is 185 g/mol. The Bertz CT molecular complexity index is 225. The monoisotopic (exact) mass is 185 g/mol. The minimum atomic E-state index is -0.414. The second-order valence-corrected chi connectivity index (χ2v) is 5.24. The van der Waals surface area contributed by atoms with E-state index in [9.17, 15) is 0 Å². The summed E-state index contributed by atoms with van der Waals surface area (Å²) in [6.45, 7) is 8.98. The number of nitrogens with two attached hydrogens (primary N) is 1. The third-order valence-electron chi connectivity index (χ3n) is 3.43. The maximum Gasteiger partial charge on any atom is 0.163 e. The van der Waals surface area contributed by atoms with Crippen LogP contribution in [0.25, 0.3) is 0 Å². The molecule has 0 aromatic heterocycles. The molecule has 3 atom stereocenters. The SMILES string of the molecule is CC1(C)OCC(C2C(N)C2(C)C)O1. The second-order valence-electron chi connectivity index (χ2n) is 5.24. The number of hydrogen-bond acceptors (Lipinski definition) is 3. The van der Waals surface area contributed by atoms with Gasteiger partial charge in [-0.25, -0.2) is 0 Å². The predicted molar refractivity (Wildman–Crippen MR) is 50.2 cm³/mol. The van der Waals surface area contributed by atoms with Gasteiger partial charge in [0, 0.05) is 12.0 Å². The molecule has 0 bridgehead atoms. The Balaban J connectivity index is 1.99. The molecule has 1 aliphatic carbocycles. The molecule has 3 unspecified atom stereocenters. The van der Waals surface area contributed by atoms with Crippen LogP contribution in [0.3, 0.4) is 0 Å². The van der Waals surface area contributed by atoms with E-state index in [1.165, 1.54) is 0 Å². The van der Waals surface area contributed by atoms with E-state index in [1.807, 2.05) is 13.8 Å². The summed E-state index contributed by atoms with van der Waals surface area (Å²) in [5.74, 6) is 0.0533. The average Bonchev–Trinajstić information content (AvgIpc) is 2.37. The zero-order valence-corrected chi connectivity index (χ0v) is 8.83. The first-order valence-electron chi connectivity index (χ1n) is 4.92. The van der Waals surface area contributed by atoms with Crippen LogP contribution in [-0.4, -0.2) is 24.5 Å². The molecule has 0 amide bonds. The van der Waals surface area contributed by atoms with Gasteiger partial charge in [0.25, 0.3) is 0 Å². The molecular weight excluding hydrogens is 166 g/mol. The Morgan fingerprint density at radius 3 is 2.08 bits per heavy atom. The van der Waals surface area contributed by atoms with Crippen LogP contribution in [0.1, 0.15) is 27.7 Å². The summed E-state index contributed by atoms with van der Waals surface area (Å²) < 4.78 is 11.3. The van der Waals surface area contributed by atoms with E-state index in [4.69, 9.17) is 15.2 Å². The molecule has 1 saturated heterocycles. The van der Waals surface area contributed by atoms with Crippen molar-refractivity contribution in [1.82, 2.24) is 0 Å². The minimum absolute atomic E-state index is 0.194. The van der Waals surface area contributed by atoms with Crippen LogP contribution in [0.2, 0.25) is 0 Å². The zero-order chi connectivity index (χ0) is 9.85. The lowest BCUT2D eigenvalue weighted by atomic mass is 10.1. The number of ether oxygens (including phenoxy) is 2. The molecule has 1 saturated carbocycles. The second kappa shape index (κ2) is 2.47. The fourth-order valence-electron chi connectivity index (χ4n) is 2.32. The van der Waals surface area contributed by atoms with Crippen LogP contribution in [-0.2, 0) is 9.47 Å². The van der Waals surface area contributed by atoms with Gasteiger partial charge < -0.3 is 15.2 Å². The largest absolute Gasteiger partial charge is 0.348 e. The van der Waals surface area contributed by atoms with Crippen molar-refractivity contribution in [3.63, 3.8) is 0 Å². The van der Waals surface area contributed by atoms with E-state index in [2.05, 4.69) is 13.8 Å². The van der Waals surface area contributed by atoms with E-state index >= 15 is 0 Å². The first kappa shape index (κ1) is 9.44. The van der Waals surface area contributed by atoms with Gasteiger partial charge in [0.15, 0.2) is 5.79 Å². The van der Waals surface area contributed by atoms with Crippen molar-refractivity contribution >= 4 is 0 Å². The summed E-state index contributed by atoms with van der Waals surface area (Å²) in [4.78, 5) is 0. The van der Waals surface area contributed by atoms with Gasteiger partial charge in [-0.3, -0.25) is 0 Å². The van der Waals surface area contributed by atoms with Crippen molar-refractivity contribution in [1.29, 1.82) is 0 Å². The summed E-state index contributed by atoms with van der Waals surface area (Å²) in [6.07, 6.45) is 0.194. The number of rotatable bonds is 1. The van der Waals surface area contributed by atoms with Gasteiger partial charge in [-0.2, -0.15) is 0 Å². The van der Waals surface area contributed by atoms with Gasteiger partial charge in [0.2, 0.25) is 0 Å². The Kier molecular flexibility index (Phi) is 1.79. The van der Waals surface area contributed by atoms with Crippen LogP contribution >= 0.6 is 0 Å².